The third-order valence-corrected chi connectivity index (χ3v) is 3.18. The van der Waals surface area contributed by atoms with Gasteiger partial charge in [-0.2, -0.15) is 0 Å². The summed E-state index contributed by atoms with van der Waals surface area (Å²) in [6.07, 6.45) is 0.611. The van der Waals surface area contributed by atoms with E-state index in [4.69, 9.17) is 0 Å². The summed E-state index contributed by atoms with van der Waals surface area (Å²) in [5.41, 5.74) is 0.395. The Kier molecular flexibility index (Phi) is 3.17. The van der Waals surface area contributed by atoms with Gasteiger partial charge in [0.15, 0.2) is 0 Å². The Hall–Kier alpha value is -1.19. The van der Waals surface area contributed by atoms with E-state index in [9.17, 15) is 14.9 Å². The van der Waals surface area contributed by atoms with Crippen LogP contribution in [0.2, 0.25) is 5.82 Å². The number of hydrogen-bond acceptors (Lipinski definition) is 3. The zero-order chi connectivity index (χ0) is 9.84. The third-order valence-electron chi connectivity index (χ3n) is 1.54. The maximum absolute atomic E-state index is 10.5. The summed E-state index contributed by atoms with van der Waals surface area (Å²) in [4.78, 5) is 20.5. The van der Waals surface area contributed by atoms with Crippen molar-refractivity contribution in [3.63, 3.8) is 0 Å². The van der Waals surface area contributed by atoms with Crippen LogP contribution in [0.25, 0.3) is 0 Å². The van der Waals surface area contributed by atoms with Gasteiger partial charge in [-0.05, 0) is 0 Å². The Morgan fingerprint density at radius 3 is 2.69 bits per heavy atom. The first-order chi connectivity index (χ1) is 6.19. The number of aldehydes is 1. The number of carbonyl (C=O) groups excluding carboxylic acids is 1. The van der Waals surface area contributed by atoms with E-state index in [1.165, 1.54) is 6.07 Å². The van der Waals surface area contributed by atoms with Gasteiger partial charge in [0.25, 0.3) is 0 Å². The first-order valence-corrected chi connectivity index (χ1v) is 6.03. The Bertz CT molecular complexity index is 351. The molecule has 1 aromatic carbocycles. The van der Waals surface area contributed by atoms with E-state index >= 15 is 0 Å². The summed E-state index contributed by atoms with van der Waals surface area (Å²) in [6.45, 7) is 0. The van der Waals surface area contributed by atoms with Gasteiger partial charge >= 0.3 is 80.8 Å². The molecule has 0 N–H and O–H groups in total. The average Bonchev–Trinajstić information content (AvgIpc) is 2.16. The molecule has 0 amide bonds. The first kappa shape index (κ1) is 9.89. The number of nitro groups is 1. The van der Waals surface area contributed by atoms with Gasteiger partial charge in [0.05, 0.1) is 0 Å². The van der Waals surface area contributed by atoms with E-state index < -0.39 is 4.92 Å². The molecule has 5 heteroatoms. The van der Waals surface area contributed by atoms with Crippen LogP contribution < -0.4 is 4.46 Å². The summed E-state index contributed by atoms with van der Waals surface area (Å²) in [7, 11) is 0. The first-order valence-electron chi connectivity index (χ1n) is 3.46. The van der Waals surface area contributed by atoms with Crippen LogP contribution in [0, 0.1) is 10.1 Å². The summed E-state index contributed by atoms with van der Waals surface area (Å²) in [5, 5.41) is 10.5. The zero-order valence-corrected chi connectivity index (χ0v) is 8.60. The molecule has 0 heterocycles. The molecule has 0 aliphatic heterocycles. The minimum atomic E-state index is -0.451. The van der Waals surface area contributed by atoms with Crippen LogP contribution in [-0.4, -0.2) is 26.2 Å². The van der Waals surface area contributed by atoms with Crippen molar-refractivity contribution < 1.29 is 9.72 Å². The van der Waals surface area contributed by atoms with Crippen molar-refractivity contribution in [3.05, 3.63) is 33.9 Å². The molecule has 4 nitrogen and oxygen atoms in total. The fourth-order valence-corrected chi connectivity index (χ4v) is 2.07. The molecule has 0 aliphatic rings. The number of carbonyl (C=O) groups is 1. The fourth-order valence-electron chi connectivity index (χ4n) is 0.923. The van der Waals surface area contributed by atoms with Crippen LogP contribution >= 0.6 is 0 Å². The molecule has 13 heavy (non-hydrogen) atoms. The van der Waals surface area contributed by atoms with Gasteiger partial charge in [-0.15, -0.1) is 0 Å². The van der Waals surface area contributed by atoms with E-state index in [0.29, 0.717) is 16.3 Å². The van der Waals surface area contributed by atoms with E-state index in [1.54, 1.807) is 12.1 Å². The number of nitrogens with zero attached hydrogens (tertiary/aromatic N) is 1. The number of nitro benzene ring substituents is 1. The minimum absolute atomic E-state index is 0.0482. The van der Waals surface area contributed by atoms with Gasteiger partial charge in [0, 0.05) is 0 Å². The Balaban J connectivity index is 3.25. The Morgan fingerprint density at radius 2 is 2.23 bits per heavy atom. The molecule has 0 saturated carbocycles. The quantitative estimate of drug-likeness (QED) is 0.341. The maximum atomic E-state index is 10.5. The molecular weight excluding hydrogens is 237 g/mol. The monoisotopic (exact) mass is 245 g/mol. The molecule has 0 unspecified atom stereocenters. The molecule has 0 radical (unpaired) electrons. The van der Waals surface area contributed by atoms with Crippen LogP contribution in [0.5, 0.6) is 0 Å². The van der Waals surface area contributed by atoms with Gasteiger partial charge in [0.1, 0.15) is 0 Å². The van der Waals surface area contributed by atoms with E-state index in [1.807, 2.05) is 5.82 Å². The van der Waals surface area contributed by atoms with E-state index in [2.05, 4.69) is 0 Å². The van der Waals surface area contributed by atoms with Crippen molar-refractivity contribution in [3.8, 4) is 0 Å². The second-order valence-electron chi connectivity index (χ2n) is 2.31. The third kappa shape index (κ3) is 2.14. The van der Waals surface area contributed by atoms with Crippen LogP contribution in [0.1, 0.15) is 10.4 Å². The standard InChI is InChI=1S/C8H7NO3Se/c1-13-8-3-2-6(5-10)4-7(8)9(11)12/h2-5H,1H3. The summed E-state index contributed by atoms with van der Waals surface area (Å²) in [6, 6.07) is 4.55. The molecule has 0 aliphatic carbocycles. The van der Waals surface area contributed by atoms with Crippen LogP contribution in [-0.2, 0) is 0 Å². The van der Waals surface area contributed by atoms with E-state index in [0.717, 1.165) is 0 Å². The van der Waals surface area contributed by atoms with Crippen LogP contribution in [0.15, 0.2) is 18.2 Å². The molecule has 0 fully saturated rings. The predicted octanol–water partition coefficient (Wildman–Crippen LogP) is 0.785. The number of hydrogen-bond donors (Lipinski definition) is 0. The molecule has 0 aromatic heterocycles. The normalized spacial score (nSPS) is 9.62. The Labute approximate surface area is 81.3 Å². The van der Waals surface area contributed by atoms with Crippen LogP contribution in [0.3, 0.4) is 0 Å². The molecular formula is C8H7NO3Se. The molecule has 1 rings (SSSR count). The molecule has 0 saturated heterocycles. The molecule has 0 spiro atoms. The van der Waals surface area contributed by atoms with Gasteiger partial charge in [-0.25, -0.2) is 0 Å². The molecule has 0 atom stereocenters. The van der Waals surface area contributed by atoms with Crippen molar-refractivity contribution in [2.24, 2.45) is 0 Å². The average molecular weight is 244 g/mol. The topological polar surface area (TPSA) is 60.2 Å². The van der Waals surface area contributed by atoms with Crippen molar-refractivity contribution in [2.45, 2.75) is 5.82 Å². The summed E-state index contributed by atoms with van der Waals surface area (Å²) < 4.78 is 0.711. The SMILES string of the molecule is C[Se]c1ccc(C=O)cc1[N+](=O)[O-]. The number of benzene rings is 1. The fraction of sp³-hybridized carbons (Fsp3) is 0.125. The van der Waals surface area contributed by atoms with Crippen molar-refractivity contribution in [2.75, 3.05) is 0 Å². The van der Waals surface area contributed by atoms with E-state index in [-0.39, 0.29) is 20.6 Å². The second-order valence-corrected chi connectivity index (χ2v) is 4.09. The van der Waals surface area contributed by atoms with Gasteiger partial charge in [-0.3, -0.25) is 0 Å². The molecule has 1 aromatic rings. The predicted molar refractivity (Wildman–Crippen MR) is 49.7 cm³/mol. The molecule has 68 valence electrons. The van der Waals surface area contributed by atoms with Crippen LogP contribution in [0.4, 0.5) is 5.69 Å². The van der Waals surface area contributed by atoms with Gasteiger partial charge < -0.3 is 0 Å². The summed E-state index contributed by atoms with van der Waals surface area (Å²) in [5.74, 6) is 1.90. The van der Waals surface area contributed by atoms with Crippen molar-refractivity contribution in [1.29, 1.82) is 0 Å². The van der Waals surface area contributed by atoms with Gasteiger partial charge in [0.2, 0.25) is 0 Å². The Morgan fingerprint density at radius 1 is 1.54 bits per heavy atom. The van der Waals surface area contributed by atoms with Crippen molar-refractivity contribution >= 4 is 31.4 Å². The molecule has 0 bridgehead atoms. The second kappa shape index (κ2) is 4.16. The summed E-state index contributed by atoms with van der Waals surface area (Å²) >= 11 is 0.0732. The zero-order valence-electron chi connectivity index (χ0n) is 6.89. The van der Waals surface area contributed by atoms with Gasteiger partial charge in [-0.1, -0.05) is 0 Å². The van der Waals surface area contributed by atoms with Crippen molar-refractivity contribution in [1.82, 2.24) is 0 Å². The number of rotatable bonds is 3.